The van der Waals surface area contributed by atoms with Gasteiger partial charge in [0, 0.05) is 44.2 Å². The maximum Gasteiger partial charge on any atom is 0.122 e. The van der Waals surface area contributed by atoms with Crippen molar-refractivity contribution in [2.75, 3.05) is 19.7 Å². The molecule has 5 nitrogen and oxygen atoms in total. The highest BCUT2D eigenvalue weighted by molar-refractivity contribution is 5.08. The van der Waals surface area contributed by atoms with Crippen LogP contribution in [-0.4, -0.2) is 45.8 Å². The van der Waals surface area contributed by atoms with Gasteiger partial charge in [-0.3, -0.25) is 4.90 Å². The number of imidazole rings is 1. The predicted octanol–water partition coefficient (Wildman–Crippen LogP) is 0.595. The summed E-state index contributed by atoms with van der Waals surface area (Å²) in [5.41, 5.74) is 6.18. The topological polar surface area (TPSA) is 56.3 Å². The van der Waals surface area contributed by atoms with E-state index in [-0.39, 0.29) is 5.54 Å². The SMILES string of the molecule is CCOC1CC(CN)(N2CCn3ccnc3C2)C1. The largest absolute Gasteiger partial charge is 0.378 e. The summed E-state index contributed by atoms with van der Waals surface area (Å²) >= 11 is 0. The highest BCUT2D eigenvalue weighted by Crippen LogP contribution is 2.40. The van der Waals surface area contributed by atoms with Crippen molar-refractivity contribution < 1.29 is 4.74 Å². The van der Waals surface area contributed by atoms with Crippen molar-refractivity contribution in [3.8, 4) is 0 Å². The lowest BCUT2D eigenvalue weighted by Gasteiger charge is -2.54. The van der Waals surface area contributed by atoms with E-state index in [1.54, 1.807) is 0 Å². The summed E-state index contributed by atoms with van der Waals surface area (Å²) in [5, 5.41) is 0. The zero-order valence-electron chi connectivity index (χ0n) is 11.0. The molecule has 0 saturated heterocycles. The second-order valence-corrected chi connectivity index (χ2v) is 5.37. The number of ether oxygens (including phenoxy) is 1. The van der Waals surface area contributed by atoms with E-state index in [4.69, 9.17) is 10.5 Å². The van der Waals surface area contributed by atoms with Gasteiger partial charge in [-0.1, -0.05) is 0 Å². The zero-order chi connectivity index (χ0) is 12.6. The van der Waals surface area contributed by atoms with E-state index in [0.29, 0.717) is 6.10 Å². The maximum absolute atomic E-state index is 6.03. The second kappa shape index (κ2) is 4.64. The zero-order valence-corrected chi connectivity index (χ0v) is 11.0. The third-order valence-electron chi connectivity index (χ3n) is 4.41. The van der Waals surface area contributed by atoms with Crippen molar-refractivity contribution in [1.29, 1.82) is 0 Å². The number of nitrogens with two attached hydrogens (primary N) is 1. The average molecular weight is 250 g/mol. The molecular weight excluding hydrogens is 228 g/mol. The van der Waals surface area contributed by atoms with Gasteiger partial charge in [0.25, 0.3) is 0 Å². The molecule has 0 radical (unpaired) electrons. The van der Waals surface area contributed by atoms with Crippen LogP contribution in [-0.2, 0) is 17.8 Å². The van der Waals surface area contributed by atoms with Crippen LogP contribution in [0, 0.1) is 0 Å². The van der Waals surface area contributed by atoms with Gasteiger partial charge < -0.3 is 15.0 Å². The first-order chi connectivity index (χ1) is 8.77. The fourth-order valence-electron chi connectivity index (χ4n) is 3.27. The van der Waals surface area contributed by atoms with E-state index in [0.717, 1.165) is 51.5 Å². The van der Waals surface area contributed by atoms with Gasteiger partial charge in [0.1, 0.15) is 5.82 Å². The molecule has 1 aliphatic carbocycles. The molecule has 0 bridgehead atoms. The summed E-state index contributed by atoms with van der Waals surface area (Å²) in [5.74, 6) is 1.16. The number of aromatic nitrogens is 2. The lowest BCUT2D eigenvalue weighted by Crippen LogP contribution is -2.65. The highest BCUT2D eigenvalue weighted by Gasteiger charge is 2.48. The quantitative estimate of drug-likeness (QED) is 0.850. The number of hydrogen-bond acceptors (Lipinski definition) is 4. The van der Waals surface area contributed by atoms with Gasteiger partial charge in [-0.05, 0) is 19.8 Å². The Kier molecular flexibility index (Phi) is 3.13. The summed E-state index contributed by atoms with van der Waals surface area (Å²) in [7, 11) is 0. The minimum Gasteiger partial charge on any atom is -0.378 e. The molecule has 0 atom stereocenters. The summed E-state index contributed by atoms with van der Waals surface area (Å²) in [6.07, 6.45) is 6.49. The molecule has 3 rings (SSSR count). The van der Waals surface area contributed by atoms with Gasteiger partial charge in [0.2, 0.25) is 0 Å². The Balaban J connectivity index is 1.68. The van der Waals surface area contributed by atoms with Crippen LogP contribution < -0.4 is 5.73 Å². The van der Waals surface area contributed by atoms with Crippen molar-refractivity contribution in [2.24, 2.45) is 5.73 Å². The predicted molar refractivity (Wildman–Crippen MR) is 69.1 cm³/mol. The lowest BCUT2D eigenvalue weighted by atomic mass is 9.72. The first kappa shape index (κ1) is 12.1. The van der Waals surface area contributed by atoms with E-state index in [9.17, 15) is 0 Å². The number of nitrogens with zero attached hydrogens (tertiary/aromatic N) is 3. The Morgan fingerprint density at radius 1 is 1.50 bits per heavy atom. The van der Waals surface area contributed by atoms with E-state index < -0.39 is 0 Å². The van der Waals surface area contributed by atoms with Crippen LogP contribution in [0.1, 0.15) is 25.6 Å². The fourth-order valence-corrected chi connectivity index (χ4v) is 3.27. The first-order valence-corrected chi connectivity index (χ1v) is 6.84. The Morgan fingerprint density at radius 2 is 2.33 bits per heavy atom. The number of rotatable bonds is 4. The van der Waals surface area contributed by atoms with Gasteiger partial charge in [0.15, 0.2) is 0 Å². The molecular formula is C13H22N4O. The standard InChI is InChI=1S/C13H22N4O/c1-2-18-11-7-13(8-11,10-14)17-6-5-16-4-3-15-12(16)9-17/h3-4,11H,2,5-10,14H2,1H3. The van der Waals surface area contributed by atoms with Gasteiger partial charge >= 0.3 is 0 Å². The summed E-state index contributed by atoms with van der Waals surface area (Å²) in [4.78, 5) is 6.92. The highest BCUT2D eigenvalue weighted by atomic mass is 16.5. The fraction of sp³-hybridized carbons (Fsp3) is 0.769. The minimum absolute atomic E-state index is 0.150. The van der Waals surface area contributed by atoms with Crippen LogP contribution in [0.5, 0.6) is 0 Å². The Bertz CT molecular complexity index is 411. The second-order valence-electron chi connectivity index (χ2n) is 5.37. The van der Waals surface area contributed by atoms with Crippen molar-refractivity contribution in [2.45, 2.75) is 44.5 Å². The van der Waals surface area contributed by atoms with Gasteiger partial charge in [-0.25, -0.2) is 4.98 Å². The van der Waals surface area contributed by atoms with Crippen LogP contribution in [0.3, 0.4) is 0 Å². The molecule has 1 aromatic rings. The van der Waals surface area contributed by atoms with Gasteiger partial charge in [-0.15, -0.1) is 0 Å². The molecule has 2 aliphatic rings. The molecule has 1 aliphatic heterocycles. The molecule has 0 amide bonds. The van der Waals surface area contributed by atoms with Crippen LogP contribution >= 0.6 is 0 Å². The van der Waals surface area contributed by atoms with Crippen LogP contribution in [0.15, 0.2) is 12.4 Å². The first-order valence-electron chi connectivity index (χ1n) is 6.84. The smallest absolute Gasteiger partial charge is 0.122 e. The maximum atomic E-state index is 6.03. The molecule has 100 valence electrons. The summed E-state index contributed by atoms with van der Waals surface area (Å²) in [6, 6.07) is 0. The molecule has 1 aromatic heterocycles. The van der Waals surface area contributed by atoms with E-state index in [1.807, 2.05) is 6.20 Å². The Morgan fingerprint density at radius 3 is 3.06 bits per heavy atom. The molecule has 2 heterocycles. The van der Waals surface area contributed by atoms with Gasteiger partial charge in [0.05, 0.1) is 12.6 Å². The summed E-state index contributed by atoms with van der Waals surface area (Å²) in [6.45, 7) is 6.59. The van der Waals surface area contributed by atoms with E-state index in [2.05, 4.69) is 27.6 Å². The third-order valence-corrected chi connectivity index (χ3v) is 4.41. The average Bonchev–Trinajstić information content (AvgIpc) is 2.80. The Labute approximate surface area is 108 Å². The summed E-state index contributed by atoms with van der Waals surface area (Å²) < 4.78 is 7.91. The van der Waals surface area contributed by atoms with Crippen molar-refractivity contribution in [3.63, 3.8) is 0 Å². The van der Waals surface area contributed by atoms with Crippen molar-refractivity contribution in [3.05, 3.63) is 18.2 Å². The molecule has 5 heteroatoms. The monoisotopic (exact) mass is 250 g/mol. The van der Waals surface area contributed by atoms with E-state index in [1.165, 1.54) is 0 Å². The molecule has 0 aromatic carbocycles. The minimum atomic E-state index is 0.150. The van der Waals surface area contributed by atoms with Crippen molar-refractivity contribution in [1.82, 2.24) is 14.5 Å². The van der Waals surface area contributed by atoms with Crippen molar-refractivity contribution >= 4 is 0 Å². The molecule has 0 unspecified atom stereocenters. The van der Waals surface area contributed by atoms with Crippen LogP contribution in [0.2, 0.25) is 0 Å². The molecule has 1 fully saturated rings. The van der Waals surface area contributed by atoms with Gasteiger partial charge in [-0.2, -0.15) is 0 Å². The normalized spacial score (nSPS) is 32.0. The number of hydrogen-bond donors (Lipinski definition) is 1. The number of fused-ring (bicyclic) bond motifs is 1. The third kappa shape index (κ3) is 1.86. The van der Waals surface area contributed by atoms with Crippen LogP contribution in [0.4, 0.5) is 0 Å². The molecule has 0 spiro atoms. The molecule has 18 heavy (non-hydrogen) atoms. The van der Waals surface area contributed by atoms with E-state index >= 15 is 0 Å². The molecule has 1 saturated carbocycles. The Hall–Kier alpha value is -0.910. The van der Waals surface area contributed by atoms with Crippen LogP contribution in [0.25, 0.3) is 0 Å². The molecule has 2 N–H and O–H groups in total. The lowest BCUT2D eigenvalue weighted by molar-refractivity contribution is -0.108.